The Kier molecular flexibility index (Phi) is 8.15. The first-order valence-corrected chi connectivity index (χ1v) is 14.6. The Labute approximate surface area is 260 Å². The van der Waals surface area contributed by atoms with Crippen LogP contribution < -0.4 is 15.4 Å². The van der Waals surface area contributed by atoms with E-state index in [1.165, 1.54) is 23.3 Å². The van der Waals surface area contributed by atoms with Gasteiger partial charge in [-0.2, -0.15) is 28.4 Å². The van der Waals surface area contributed by atoms with Crippen LogP contribution in [0.15, 0.2) is 47.4 Å². The van der Waals surface area contributed by atoms with Crippen molar-refractivity contribution in [2.24, 2.45) is 0 Å². The van der Waals surface area contributed by atoms with E-state index >= 15 is 0 Å². The quantitative estimate of drug-likeness (QED) is 0.219. The largest absolute Gasteiger partial charge is 0.463 e. The number of aromatic nitrogens is 3. The molecule has 1 amide bonds. The molecule has 2 atom stereocenters. The number of pyridine rings is 1. The van der Waals surface area contributed by atoms with Crippen molar-refractivity contribution < 1.29 is 31.5 Å². The molecule has 0 saturated carbocycles. The minimum absolute atomic E-state index is 0.0105. The van der Waals surface area contributed by atoms with Gasteiger partial charge in [0.15, 0.2) is 5.83 Å². The number of ether oxygens (including phenoxy) is 1. The van der Waals surface area contributed by atoms with Crippen LogP contribution in [0.5, 0.6) is 6.01 Å². The van der Waals surface area contributed by atoms with Crippen LogP contribution in [0, 0.1) is 11.3 Å². The summed E-state index contributed by atoms with van der Waals surface area (Å²) in [5.41, 5.74) is 5.01. The highest BCUT2D eigenvalue weighted by Gasteiger charge is 2.37. The van der Waals surface area contributed by atoms with Crippen LogP contribution in [0.1, 0.15) is 24.8 Å². The van der Waals surface area contributed by atoms with Crippen LogP contribution in [0.3, 0.4) is 0 Å². The molecule has 46 heavy (non-hydrogen) atoms. The van der Waals surface area contributed by atoms with Gasteiger partial charge in [0.05, 0.1) is 47.0 Å². The van der Waals surface area contributed by atoms with Crippen LogP contribution in [0.2, 0.25) is 0 Å². The van der Waals surface area contributed by atoms with Crippen LogP contribution in [-0.4, -0.2) is 82.6 Å². The van der Waals surface area contributed by atoms with E-state index in [1.54, 1.807) is 0 Å². The van der Waals surface area contributed by atoms with Gasteiger partial charge in [-0.3, -0.25) is 4.79 Å². The van der Waals surface area contributed by atoms with Gasteiger partial charge >= 0.3 is 12.2 Å². The van der Waals surface area contributed by atoms with Crippen LogP contribution >= 0.6 is 0 Å². The lowest BCUT2D eigenvalue weighted by Gasteiger charge is -2.41. The lowest BCUT2D eigenvalue weighted by atomic mass is 9.99. The maximum atomic E-state index is 14.2. The van der Waals surface area contributed by atoms with E-state index in [-0.39, 0.29) is 72.9 Å². The van der Waals surface area contributed by atoms with Gasteiger partial charge in [-0.25, -0.2) is 9.37 Å². The number of piperazine rings is 1. The van der Waals surface area contributed by atoms with Crippen LogP contribution in [-0.2, 0) is 11.0 Å². The molecule has 2 aliphatic heterocycles. The number of hydrogen-bond acceptors (Lipinski definition) is 10. The summed E-state index contributed by atoms with van der Waals surface area (Å²) in [6.07, 6.45) is -1.54. The molecule has 4 aromatic rings. The molecule has 2 aliphatic rings. The van der Waals surface area contributed by atoms with Crippen molar-refractivity contribution in [3.63, 3.8) is 0 Å². The molecular weight excluding hydrogens is 608 g/mol. The SMILES string of the molecule is C=C(F)C(=O)N1CCN(c2nc(OC[C@@H]3CCCN3C)nc3cc(-c4nc(N)ccc4C(F)(F)F)c4ccoc4c23)C[C@@H]1CC#N. The highest BCUT2D eigenvalue weighted by atomic mass is 19.4. The van der Waals surface area contributed by atoms with Crippen molar-refractivity contribution in [2.45, 2.75) is 37.5 Å². The minimum atomic E-state index is -4.72. The molecule has 5 heterocycles. The van der Waals surface area contributed by atoms with Gasteiger partial charge < -0.3 is 29.6 Å². The zero-order valence-electron chi connectivity index (χ0n) is 24.8. The summed E-state index contributed by atoms with van der Waals surface area (Å²) in [5, 5.41) is 10.2. The molecule has 0 unspecified atom stereocenters. The fourth-order valence-corrected chi connectivity index (χ4v) is 6.21. The second-order valence-corrected chi connectivity index (χ2v) is 11.4. The van der Waals surface area contributed by atoms with Gasteiger partial charge in [0, 0.05) is 36.6 Å². The predicted octanol–water partition coefficient (Wildman–Crippen LogP) is 4.93. The number of fused-ring (bicyclic) bond motifs is 3. The van der Waals surface area contributed by atoms with E-state index in [2.05, 4.69) is 21.4 Å². The summed E-state index contributed by atoms with van der Waals surface area (Å²) in [6.45, 7) is 4.66. The van der Waals surface area contributed by atoms with E-state index in [4.69, 9.17) is 19.9 Å². The second kappa shape index (κ2) is 12.1. The van der Waals surface area contributed by atoms with Crippen molar-refractivity contribution in [3.05, 3.63) is 48.5 Å². The molecule has 11 nitrogen and oxygen atoms in total. The van der Waals surface area contributed by atoms with E-state index < -0.39 is 29.5 Å². The number of alkyl halides is 3. The highest BCUT2D eigenvalue weighted by molar-refractivity contribution is 6.14. The fourth-order valence-electron chi connectivity index (χ4n) is 6.21. The summed E-state index contributed by atoms with van der Waals surface area (Å²) < 4.78 is 68.3. The first kappa shape index (κ1) is 31.0. The highest BCUT2D eigenvalue weighted by Crippen LogP contribution is 2.43. The number of nitrogen functional groups attached to an aromatic ring is 1. The lowest BCUT2D eigenvalue weighted by molar-refractivity contribution is -0.137. The minimum Gasteiger partial charge on any atom is -0.463 e. The van der Waals surface area contributed by atoms with Gasteiger partial charge in [-0.05, 0) is 50.7 Å². The normalized spacial score (nSPS) is 19.1. The fraction of sp³-hybridized carbons (Fsp3) is 0.387. The molecule has 2 fully saturated rings. The van der Waals surface area contributed by atoms with Gasteiger partial charge in [0.25, 0.3) is 5.91 Å². The Morgan fingerprint density at radius 2 is 2.00 bits per heavy atom. The Morgan fingerprint density at radius 1 is 1.20 bits per heavy atom. The molecule has 0 spiro atoms. The standard InChI is InChI=1S/C31H30F4N8O3/c1-17(32)29(44)43-12-11-42(15-18(43)7-9-36)28-25-23(38-30(40-28)46-16-19-4-3-10-41(19)2)14-21(20-8-13-45-27(20)25)26-22(31(33,34)35)5-6-24(37)39-26/h5-6,8,13-14,18-19H,1,3-4,7,10-12,15-16H2,2H3,(H2,37,39)/t18-,19-/m0/s1. The van der Waals surface area contributed by atoms with Crippen molar-refractivity contribution in [1.82, 2.24) is 24.8 Å². The van der Waals surface area contributed by atoms with Crippen molar-refractivity contribution in [2.75, 3.05) is 50.5 Å². The van der Waals surface area contributed by atoms with E-state index in [9.17, 15) is 27.6 Å². The molecule has 15 heteroatoms. The number of nitriles is 1. The molecule has 6 rings (SSSR count). The number of carbonyl (C=O) groups is 1. The summed E-state index contributed by atoms with van der Waals surface area (Å²) >= 11 is 0. The average Bonchev–Trinajstić information content (AvgIpc) is 3.67. The topological polar surface area (TPSA) is 138 Å². The predicted molar refractivity (Wildman–Crippen MR) is 161 cm³/mol. The van der Waals surface area contributed by atoms with Crippen LogP contribution in [0.25, 0.3) is 33.1 Å². The number of likely N-dealkylation sites (N-methyl/N-ethyl adjacent to an activating group) is 1. The molecule has 0 radical (unpaired) electrons. The Bertz CT molecular complexity index is 1870. The maximum Gasteiger partial charge on any atom is 0.418 e. The molecular formula is C31H30F4N8O3. The molecule has 2 N–H and O–H groups in total. The zero-order valence-corrected chi connectivity index (χ0v) is 24.8. The second-order valence-electron chi connectivity index (χ2n) is 11.4. The molecule has 3 aromatic heterocycles. The smallest absolute Gasteiger partial charge is 0.418 e. The Balaban J connectivity index is 1.52. The Morgan fingerprint density at radius 3 is 2.70 bits per heavy atom. The summed E-state index contributed by atoms with van der Waals surface area (Å²) in [6, 6.07) is 6.44. The van der Waals surface area contributed by atoms with Gasteiger partial charge in [0.2, 0.25) is 0 Å². The van der Waals surface area contributed by atoms with Gasteiger partial charge in [-0.15, -0.1) is 0 Å². The average molecular weight is 639 g/mol. The van der Waals surface area contributed by atoms with Crippen LogP contribution in [0.4, 0.5) is 29.2 Å². The van der Waals surface area contributed by atoms with Crippen molar-refractivity contribution in [3.8, 4) is 23.3 Å². The molecule has 1 aromatic carbocycles. The summed E-state index contributed by atoms with van der Waals surface area (Å²) in [4.78, 5) is 31.2. The number of nitrogens with zero attached hydrogens (tertiary/aromatic N) is 7. The number of nitrogens with two attached hydrogens (primary N) is 1. The number of halogens is 4. The molecule has 0 bridgehead atoms. The lowest BCUT2D eigenvalue weighted by Crippen LogP contribution is -2.55. The summed E-state index contributed by atoms with van der Waals surface area (Å²) in [7, 11) is 1.99. The van der Waals surface area contributed by atoms with E-state index in [0.29, 0.717) is 16.6 Å². The number of furan rings is 1. The zero-order chi connectivity index (χ0) is 32.7. The molecule has 0 aliphatic carbocycles. The third kappa shape index (κ3) is 5.76. The van der Waals surface area contributed by atoms with Crippen molar-refractivity contribution in [1.29, 1.82) is 5.26 Å². The van der Waals surface area contributed by atoms with E-state index in [1.807, 2.05) is 18.0 Å². The Hall–Kier alpha value is -4.97. The molecule has 240 valence electrons. The number of amides is 1. The molecule has 2 saturated heterocycles. The maximum absolute atomic E-state index is 14.2. The monoisotopic (exact) mass is 638 g/mol. The number of likely N-dealkylation sites (tertiary alicyclic amines) is 1. The third-order valence-electron chi connectivity index (χ3n) is 8.52. The third-order valence-corrected chi connectivity index (χ3v) is 8.52. The number of rotatable bonds is 7. The first-order valence-electron chi connectivity index (χ1n) is 14.6. The number of benzene rings is 1. The van der Waals surface area contributed by atoms with Gasteiger partial charge in [0.1, 0.15) is 23.8 Å². The first-order chi connectivity index (χ1) is 22.0. The summed E-state index contributed by atoms with van der Waals surface area (Å²) in [5.74, 6) is -1.79. The number of carbonyl (C=O) groups excluding carboxylic acids is 1. The number of hydrogen-bond donors (Lipinski definition) is 1. The van der Waals surface area contributed by atoms with Crippen molar-refractivity contribution >= 4 is 39.4 Å². The van der Waals surface area contributed by atoms with E-state index in [0.717, 1.165) is 31.5 Å². The van der Waals surface area contributed by atoms with Gasteiger partial charge in [-0.1, -0.05) is 6.58 Å². The number of anilines is 2.